The lowest BCUT2D eigenvalue weighted by Crippen LogP contribution is -2.44. The maximum atomic E-state index is 12.5. The van der Waals surface area contributed by atoms with Gasteiger partial charge >= 0.3 is 0 Å². The normalized spacial score (nSPS) is 17.3. The molecule has 1 aliphatic heterocycles. The van der Waals surface area contributed by atoms with Crippen LogP contribution in [0.4, 0.5) is 0 Å². The van der Waals surface area contributed by atoms with Gasteiger partial charge in [0.2, 0.25) is 11.8 Å². The molecule has 2 amide bonds. The first-order chi connectivity index (χ1) is 11.5. The molecule has 6 heteroatoms. The number of amides is 2. The molecule has 24 heavy (non-hydrogen) atoms. The summed E-state index contributed by atoms with van der Waals surface area (Å²) in [6, 6.07) is 9.37. The Morgan fingerprint density at radius 1 is 1.33 bits per heavy atom. The van der Waals surface area contributed by atoms with Crippen LogP contribution in [0, 0.1) is 13.8 Å². The average molecular weight is 327 g/mol. The Bertz CT molecular complexity index is 736. The van der Waals surface area contributed by atoms with Gasteiger partial charge in [-0.3, -0.25) is 9.59 Å². The Hall–Kier alpha value is -2.63. The van der Waals surface area contributed by atoms with Crippen LogP contribution in [0.1, 0.15) is 35.4 Å². The first-order valence-corrected chi connectivity index (χ1v) is 8.08. The highest BCUT2D eigenvalue weighted by atomic mass is 16.5. The first kappa shape index (κ1) is 16.2. The molecule has 0 aliphatic carbocycles. The Balaban J connectivity index is 1.63. The molecule has 0 saturated carbocycles. The van der Waals surface area contributed by atoms with Crippen molar-refractivity contribution >= 4 is 11.8 Å². The standard InChI is InChI=1S/C18H21N3O3/c1-12-3-5-14(6-4-12)11-21-16(7-8-17(21)22)18(23)19-10-15-9-13(2)24-20-15/h3-6,9,16H,7-8,10-11H2,1-2H3,(H,19,23). The molecule has 2 aromatic rings. The third-order valence-corrected chi connectivity index (χ3v) is 4.22. The Kier molecular flexibility index (Phi) is 4.64. The third kappa shape index (κ3) is 3.64. The number of carbonyl (C=O) groups excluding carboxylic acids is 2. The van der Waals surface area contributed by atoms with E-state index in [9.17, 15) is 9.59 Å². The van der Waals surface area contributed by atoms with Crippen LogP contribution in [-0.4, -0.2) is 27.9 Å². The number of rotatable bonds is 5. The summed E-state index contributed by atoms with van der Waals surface area (Å²) in [6.45, 7) is 4.59. The minimum Gasteiger partial charge on any atom is -0.361 e. The van der Waals surface area contributed by atoms with E-state index in [0.717, 1.165) is 5.56 Å². The Labute approximate surface area is 140 Å². The first-order valence-electron chi connectivity index (χ1n) is 8.08. The highest BCUT2D eigenvalue weighted by molar-refractivity contribution is 5.90. The monoisotopic (exact) mass is 327 g/mol. The second-order valence-electron chi connectivity index (χ2n) is 6.21. The summed E-state index contributed by atoms with van der Waals surface area (Å²) < 4.78 is 4.98. The van der Waals surface area contributed by atoms with Gasteiger partial charge in [-0.2, -0.15) is 0 Å². The Morgan fingerprint density at radius 3 is 2.75 bits per heavy atom. The molecule has 3 rings (SSSR count). The predicted octanol–water partition coefficient (Wildman–Crippen LogP) is 2.10. The number of hydrogen-bond donors (Lipinski definition) is 1. The molecule has 1 unspecified atom stereocenters. The van der Waals surface area contributed by atoms with Gasteiger partial charge in [0, 0.05) is 19.0 Å². The van der Waals surface area contributed by atoms with Crippen molar-refractivity contribution in [3.63, 3.8) is 0 Å². The molecule has 1 atom stereocenters. The van der Waals surface area contributed by atoms with E-state index in [1.807, 2.05) is 31.2 Å². The quantitative estimate of drug-likeness (QED) is 0.912. The fourth-order valence-corrected chi connectivity index (χ4v) is 2.89. The third-order valence-electron chi connectivity index (χ3n) is 4.22. The summed E-state index contributed by atoms with van der Waals surface area (Å²) in [6.07, 6.45) is 0.960. The van der Waals surface area contributed by atoms with Crippen molar-refractivity contribution in [2.45, 2.75) is 45.8 Å². The van der Waals surface area contributed by atoms with Gasteiger partial charge in [0.1, 0.15) is 17.5 Å². The fourth-order valence-electron chi connectivity index (χ4n) is 2.89. The van der Waals surface area contributed by atoms with Gasteiger partial charge in [-0.05, 0) is 25.8 Å². The molecule has 6 nitrogen and oxygen atoms in total. The molecule has 1 aromatic carbocycles. The fraction of sp³-hybridized carbons (Fsp3) is 0.389. The van der Waals surface area contributed by atoms with Gasteiger partial charge in [-0.15, -0.1) is 0 Å². The lowest BCUT2D eigenvalue weighted by Gasteiger charge is -2.24. The number of aromatic nitrogens is 1. The molecule has 1 N–H and O–H groups in total. The lowest BCUT2D eigenvalue weighted by atomic mass is 10.1. The van der Waals surface area contributed by atoms with Crippen molar-refractivity contribution in [2.24, 2.45) is 0 Å². The number of likely N-dealkylation sites (tertiary alicyclic amines) is 1. The second kappa shape index (κ2) is 6.86. The van der Waals surface area contributed by atoms with E-state index in [0.29, 0.717) is 37.4 Å². The molecular formula is C18H21N3O3. The predicted molar refractivity (Wildman–Crippen MR) is 87.8 cm³/mol. The molecular weight excluding hydrogens is 306 g/mol. The number of nitrogens with zero attached hydrogens (tertiary/aromatic N) is 2. The molecule has 0 spiro atoms. The molecule has 1 aliphatic rings. The van der Waals surface area contributed by atoms with Gasteiger partial charge < -0.3 is 14.7 Å². The van der Waals surface area contributed by atoms with Crippen LogP contribution < -0.4 is 5.32 Å². The van der Waals surface area contributed by atoms with Gasteiger partial charge in [0.25, 0.3) is 0 Å². The zero-order valence-corrected chi connectivity index (χ0v) is 13.9. The summed E-state index contributed by atoms with van der Waals surface area (Å²) in [5.74, 6) is 0.581. The van der Waals surface area contributed by atoms with Gasteiger partial charge in [-0.1, -0.05) is 35.0 Å². The van der Waals surface area contributed by atoms with Gasteiger partial charge in [-0.25, -0.2) is 0 Å². The lowest BCUT2D eigenvalue weighted by molar-refractivity contribution is -0.135. The minimum absolute atomic E-state index is 0.0213. The van der Waals surface area contributed by atoms with Crippen LogP contribution in [-0.2, 0) is 22.7 Å². The zero-order valence-electron chi connectivity index (χ0n) is 13.9. The van der Waals surface area contributed by atoms with E-state index >= 15 is 0 Å². The topological polar surface area (TPSA) is 75.4 Å². The summed E-state index contributed by atoms with van der Waals surface area (Å²) in [4.78, 5) is 26.3. The molecule has 1 fully saturated rings. The zero-order chi connectivity index (χ0) is 17.1. The van der Waals surface area contributed by atoms with Crippen LogP contribution in [0.2, 0.25) is 0 Å². The maximum Gasteiger partial charge on any atom is 0.243 e. The summed E-state index contributed by atoms with van der Waals surface area (Å²) in [5, 5.41) is 6.70. The summed E-state index contributed by atoms with van der Waals surface area (Å²) >= 11 is 0. The van der Waals surface area contributed by atoms with E-state index in [4.69, 9.17) is 4.52 Å². The van der Waals surface area contributed by atoms with E-state index in [-0.39, 0.29) is 11.8 Å². The number of benzene rings is 1. The van der Waals surface area contributed by atoms with E-state index in [2.05, 4.69) is 10.5 Å². The van der Waals surface area contributed by atoms with E-state index < -0.39 is 6.04 Å². The van der Waals surface area contributed by atoms with E-state index in [1.54, 1.807) is 17.9 Å². The smallest absolute Gasteiger partial charge is 0.243 e. The highest BCUT2D eigenvalue weighted by Crippen LogP contribution is 2.22. The molecule has 126 valence electrons. The Morgan fingerprint density at radius 2 is 2.08 bits per heavy atom. The van der Waals surface area contributed by atoms with Crippen molar-refractivity contribution in [2.75, 3.05) is 0 Å². The van der Waals surface area contributed by atoms with Crippen LogP contribution in [0.15, 0.2) is 34.9 Å². The minimum atomic E-state index is -0.424. The number of carbonyl (C=O) groups is 2. The molecule has 0 radical (unpaired) electrons. The number of nitrogens with one attached hydrogen (secondary N) is 1. The molecule has 1 saturated heterocycles. The molecule has 0 bridgehead atoms. The molecule has 2 heterocycles. The van der Waals surface area contributed by atoms with Crippen molar-refractivity contribution in [3.05, 3.63) is 52.9 Å². The van der Waals surface area contributed by atoms with Crippen molar-refractivity contribution in [3.8, 4) is 0 Å². The van der Waals surface area contributed by atoms with Gasteiger partial charge in [0.15, 0.2) is 0 Å². The van der Waals surface area contributed by atoms with Crippen LogP contribution >= 0.6 is 0 Å². The average Bonchev–Trinajstić information content (AvgIpc) is 3.14. The number of hydrogen-bond acceptors (Lipinski definition) is 4. The van der Waals surface area contributed by atoms with E-state index in [1.165, 1.54) is 5.56 Å². The van der Waals surface area contributed by atoms with Crippen LogP contribution in [0.25, 0.3) is 0 Å². The summed E-state index contributed by atoms with van der Waals surface area (Å²) in [7, 11) is 0. The van der Waals surface area contributed by atoms with Gasteiger partial charge in [0.05, 0.1) is 6.54 Å². The van der Waals surface area contributed by atoms with Crippen LogP contribution in [0.5, 0.6) is 0 Å². The SMILES string of the molecule is Cc1ccc(CN2C(=O)CCC2C(=O)NCc2cc(C)on2)cc1. The van der Waals surface area contributed by atoms with Crippen molar-refractivity contribution in [1.29, 1.82) is 0 Å². The summed E-state index contributed by atoms with van der Waals surface area (Å²) in [5.41, 5.74) is 2.87. The van der Waals surface area contributed by atoms with Crippen molar-refractivity contribution < 1.29 is 14.1 Å². The van der Waals surface area contributed by atoms with Crippen LogP contribution in [0.3, 0.4) is 0 Å². The molecule has 1 aromatic heterocycles. The van der Waals surface area contributed by atoms with Crippen molar-refractivity contribution in [1.82, 2.24) is 15.4 Å². The largest absolute Gasteiger partial charge is 0.361 e. The maximum absolute atomic E-state index is 12.5. The second-order valence-corrected chi connectivity index (χ2v) is 6.21. The number of aryl methyl sites for hydroxylation is 2. The highest BCUT2D eigenvalue weighted by Gasteiger charge is 2.35.